The third-order valence-electron chi connectivity index (χ3n) is 4.61. The second kappa shape index (κ2) is 6.58. The average molecular weight is 368 g/mol. The molecule has 0 bridgehead atoms. The summed E-state index contributed by atoms with van der Waals surface area (Å²) in [5.74, 6) is 0.268. The molecule has 0 N–H and O–H groups in total. The molecule has 0 saturated heterocycles. The Hall–Kier alpha value is -2.07. The lowest BCUT2D eigenvalue weighted by Gasteiger charge is -2.24. The maximum atomic E-state index is 12.5. The van der Waals surface area contributed by atoms with Gasteiger partial charge in [0.25, 0.3) is 0 Å². The van der Waals surface area contributed by atoms with Gasteiger partial charge >= 0.3 is 5.97 Å². The number of esters is 1. The fourth-order valence-electron chi connectivity index (χ4n) is 2.81. The van der Waals surface area contributed by atoms with Crippen molar-refractivity contribution in [3.63, 3.8) is 0 Å². The van der Waals surface area contributed by atoms with E-state index in [1.807, 2.05) is 52.8 Å². The molecule has 0 spiro atoms. The standard InChI is InChI=1S/C22H24O3S/c1-21(2,3)20(24)25-19-17(13-18(23)22(19,4)5)26-16-11-10-14-8-6-7-9-15(14)12-16/h6-12H,13H2,1-5H3. The van der Waals surface area contributed by atoms with E-state index in [0.29, 0.717) is 12.2 Å². The Kier molecular flexibility index (Phi) is 4.74. The zero-order chi connectivity index (χ0) is 19.1. The van der Waals surface area contributed by atoms with Crippen molar-refractivity contribution in [2.45, 2.75) is 45.9 Å². The highest BCUT2D eigenvalue weighted by Gasteiger charge is 2.44. The fraction of sp³-hybridized carbons (Fsp3) is 0.364. The highest BCUT2D eigenvalue weighted by Crippen LogP contribution is 2.47. The Bertz CT molecular complexity index is 916. The maximum Gasteiger partial charge on any atom is 0.316 e. The average Bonchev–Trinajstić information content (AvgIpc) is 2.77. The minimum atomic E-state index is -0.778. The van der Waals surface area contributed by atoms with Crippen LogP contribution in [0, 0.1) is 10.8 Å². The molecule has 0 heterocycles. The molecule has 3 nitrogen and oxygen atoms in total. The topological polar surface area (TPSA) is 43.4 Å². The lowest BCUT2D eigenvalue weighted by atomic mass is 9.90. The van der Waals surface area contributed by atoms with Crippen molar-refractivity contribution >= 4 is 34.3 Å². The largest absolute Gasteiger partial charge is 0.429 e. The molecule has 0 aliphatic heterocycles. The number of rotatable bonds is 3. The summed E-state index contributed by atoms with van der Waals surface area (Å²) in [5, 5.41) is 2.32. The van der Waals surface area contributed by atoms with Gasteiger partial charge in [-0.3, -0.25) is 9.59 Å². The van der Waals surface area contributed by atoms with Crippen LogP contribution in [0.3, 0.4) is 0 Å². The van der Waals surface area contributed by atoms with Gasteiger partial charge in [-0.25, -0.2) is 0 Å². The summed E-state index contributed by atoms with van der Waals surface area (Å²) in [6.07, 6.45) is 0.303. The molecule has 0 saturated carbocycles. The van der Waals surface area contributed by atoms with Gasteiger partial charge in [0.05, 0.1) is 10.8 Å². The van der Waals surface area contributed by atoms with Gasteiger partial charge in [0.15, 0.2) is 5.78 Å². The highest BCUT2D eigenvalue weighted by molar-refractivity contribution is 8.03. The number of allylic oxidation sites excluding steroid dienone is 2. The van der Waals surface area contributed by atoms with Crippen molar-refractivity contribution in [3.8, 4) is 0 Å². The molecular formula is C22H24O3S. The molecule has 0 radical (unpaired) electrons. The maximum absolute atomic E-state index is 12.5. The quantitative estimate of drug-likeness (QED) is 0.649. The first-order chi connectivity index (χ1) is 12.1. The Morgan fingerprint density at radius 3 is 2.38 bits per heavy atom. The fourth-order valence-corrected chi connectivity index (χ4v) is 4.01. The smallest absolute Gasteiger partial charge is 0.316 e. The molecule has 4 heteroatoms. The van der Waals surface area contributed by atoms with E-state index in [2.05, 4.69) is 24.3 Å². The predicted octanol–water partition coefficient (Wildman–Crippen LogP) is 5.73. The number of fused-ring (bicyclic) bond motifs is 1. The highest BCUT2D eigenvalue weighted by atomic mass is 32.2. The van der Waals surface area contributed by atoms with E-state index in [4.69, 9.17) is 4.74 Å². The summed E-state index contributed by atoms with van der Waals surface area (Å²) in [7, 11) is 0. The summed E-state index contributed by atoms with van der Waals surface area (Å²) >= 11 is 1.51. The third kappa shape index (κ3) is 3.56. The van der Waals surface area contributed by atoms with E-state index in [0.717, 1.165) is 15.2 Å². The van der Waals surface area contributed by atoms with Gasteiger partial charge in [-0.2, -0.15) is 0 Å². The van der Waals surface area contributed by atoms with Gasteiger partial charge in [-0.15, -0.1) is 0 Å². The van der Waals surface area contributed by atoms with Crippen LogP contribution in [-0.2, 0) is 14.3 Å². The number of ether oxygens (including phenoxy) is 1. The van der Waals surface area contributed by atoms with Gasteiger partial charge < -0.3 is 4.74 Å². The molecule has 1 aliphatic rings. The van der Waals surface area contributed by atoms with Crippen molar-refractivity contribution in [1.29, 1.82) is 0 Å². The summed E-state index contributed by atoms with van der Waals surface area (Å²) in [4.78, 5) is 26.8. The van der Waals surface area contributed by atoms with Crippen molar-refractivity contribution in [2.75, 3.05) is 0 Å². The van der Waals surface area contributed by atoms with Crippen LogP contribution in [0.25, 0.3) is 10.8 Å². The van der Waals surface area contributed by atoms with E-state index < -0.39 is 10.8 Å². The first kappa shape index (κ1) is 18.7. The third-order valence-corrected chi connectivity index (χ3v) is 5.67. The van der Waals surface area contributed by atoms with Crippen LogP contribution in [0.15, 0.2) is 58.0 Å². The predicted molar refractivity (Wildman–Crippen MR) is 106 cm³/mol. The van der Waals surface area contributed by atoms with Crippen molar-refractivity contribution < 1.29 is 14.3 Å². The number of hydrogen-bond donors (Lipinski definition) is 0. The van der Waals surface area contributed by atoms with E-state index >= 15 is 0 Å². The summed E-state index contributed by atoms with van der Waals surface area (Å²) in [5.41, 5.74) is -1.40. The number of benzene rings is 2. The summed E-state index contributed by atoms with van der Waals surface area (Å²) < 4.78 is 5.73. The molecule has 2 aromatic rings. The molecule has 0 atom stereocenters. The van der Waals surface area contributed by atoms with Gasteiger partial charge in [0.2, 0.25) is 0 Å². The van der Waals surface area contributed by atoms with Crippen LogP contribution in [0.4, 0.5) is 0 Å². The zero-order valence-electron chi connectivity index (χ0n) is 15.9. The van der Waals surface area contributed by atoms with Crippen LogP contribution in [0.2, 0.25) is 0 Å². The molecule has 136 valence electrons. The van der Waals surface area contributed by atoms with Gasteiger partial charge in [0, 0.05) is 16.2 Å². The van der Waals surface area contributed by atoms with Crippen LogP contribution < -0.4 is 0 Å². The zero-order valence-corrected chi connectivity index (χ0v) is 16.7. The Labute approximate surface area is 158 Å². The number of hydrogen-bond acceptors (Lipinski definition) is 4. The van der Waals surface area contributed by atoms with Crippen molar-refractivity contribution in [2.24, 2.45) is 10.8 Å². The van der Waals surface area contributed by atoms with Crippen molar-refractivity contribution in [1.82, 2.24) is 0 Å². The van der Waals surface area contributed by atoms with E-state index in [9.17, 15) is 9.59 Å². The van der Waals surface area contributed by atoms with Gasteiger partial charge in [0.1, 0.15) is 5.76 Å². The first-order valence-electron chi connectivity index (χ1n) is 8.75. The molecule has 0 aromatic heterocycles. The minimum absolute atomic E-state index is 0.0810. The Balaban J connectivity index is 1.96. The van der Waals surface area contributed by atoms with Crippen LogP contribution in [0.5, 0.6) is 0 Å². The second-order valence-electron chi connectivity index (χ2n) is 8.23. The first-order valence-corrected chi connectivity index (χ1v) is 9.56. The van der Waals surface area contributed by atoms with Gasteiger partial charge in [-0.05, 0) is 57.5 Å². The molecular weight excluding hydrogens is 344 g/mol. The van der Waals surface area contributed by atoms with Crippen molar-refractivity contribution in [3.05, 3.63) is 53.1 Å². The van der Waals surface area contributed by atoms with Crippen LogP contribution in [-0.4, -0.2) is 11.8 Å². The number of thioether (sulfide) groups is 1. The molecule has 1 aliphatic carbocycles. The number of carbonyl (C=O) groups is 2. The summed E-state index contributed by atoms with van der Waals surface area (Å²) in [6.45, 7) is 9.10. The van der Waals surface area contributed by atoms with E-state index in [-0.39, 0.29) is 11.8 Å². The van der Waals surface area contributed by atoms with E-state index in [1.165, 1.54) is 17.1 Å². The molecule has 0 fully saturated rings. The number of ketones is 1. The lowest BCUT2D eigenvalue weighted by molar-refractivity contribution is -0.150. The SMILES string of the molecule is CC(C)(C)C(=O)OC1=C(Sc2ccc3ccccc3c2)CC(=O)C1(C)C. The number of carbonyl (C=O) groups excluding carboxylic acids is 2. The van der Waals surface area contributed by atoms with Crippen LogP contribution in [0.1, 0.15) is 41.0 Å². The molecule has 3 rings (SSSR count). The second-order valence-corrected chi connectivity index (χ2v) is 9.40. The number of Topliss-reactive ketones (excluding diaryl/α,β-unsaturated/α-hetero) is 1. The summed E-state index contributed by atoms with van der Waals surface area (Å²) in [6, 6.07) is 14.4. The monoisotopic (exact) mass is 368 g/mol. The van der Waals surface area contributed by atoms with E-state index in [1.54, 1.807) is 0 Å². The Morgan fingerprint density at radius 2 is 1.73 bits per heavy atom. The van der Waals surface area contributed by atoms with Crippen LogP contribution >= 0.6 is 11.8 Å². The minimum Gasteiger partial charge on any atom is -0.429 e. The molecule has 0 amide bonds. The molecule has 26 heavy (non-hydrogen) atoms. The van der Waals surface area contributed by atoms with Gasteiger partial charge in [-0.1, -0.05) is 42.1 Å². The lowest BCUT2D eigenvalue weighted by Crippen LogP contribution is -2.28. The normalized spacial score (nSPS) is 17.0. The molecule has 0 unspecified atom stereocenters. The Morgan fingerprint density at radius 1 is 1.08 bits per heavy atom. The molecule has 2 aromatic carbocycles.